The van der Waals surface area contributed by atoms with Gasteiger partial charge >= 0.3 is 5.97 Å². The second kappa shape index (κ2) is 8.56. The predicted molar refractivity (Wildman–Crippen MR) is 104 cm³/mol. The van der Waals surface area contributed by atoms with Crippen LogP contribution in [0.5, 0.6) is 5.75 Å². The van der Waals surface area contributed by atoms with Gasteiger partial charge in [0.05, 0.1) is 17.4 Å². The topological polar surface area (TPSA) is 97.5 Å². The number of rotatable bonds is 8. The van der Waals surface area contributed by atoms with E-state index in [-0.39, 0.29) is 11.7 Å². The summed E-state index contributed by atoms with van der Waals surface area (Å²) in [5.74, 6) is 0.782. The van der Waals surface area contributed by atoms with E-state index in [0.717, 1.165) is 17.7 Å². The Hall–Kier alpha value is -2.76. The fourth-order valence-electron chi connectivity index (χ4n) is 2.68. The standard InChI is InChI=1S/C20H27N3O3/c1-12(2)7-14-5-6-17(26-13(3)4)8-15(14)10-22-19-18(21)9-16(11-23-19)20(24)25/h5-6,8-9,11-13H,7,10,21H2,1-4H3,(H,22,23)(H,24,25). The van der Waals surface area contributed by atoms with Crippen LogP contribution in [0, 0.1) is 5.92 Å². The highest BCUT2D eigenvalue weighted by Crippen LogP contribution is 2.24. The number of anilines is 2. The van der Waals surface area contributed by atoms with Gasteiger partial charge in [-0.15, -0.1) is 0 Å². The lowest BCUT2D eigenvalue weighted by molar-refractivity contribution is 0.0696. The lowest BCUT2D eigenvalue weighted by Crippen LogP contribution is -2.11. The molecule has 4 N–H and O–H groups in total. The molecule has 0 atom stereocenters. The first kappa shape index (κ1) is 19.6. The molecule has 6 nitrogen and oxygen atoms in total. The highest BCUT2D eigenvalue weighted by molar-refractivity contribution is 5.89. The summed E-state index contributed by atoms with van der Waals surface area (Å²) in [6.07, 6.45) is 2.36. The van der Waals surface area contributed by atoms with Crippen LogP contribution in [0.1, 0.15) is 49.2 Å². The molecule has 0 spiro atoms. The Bertz CT molecular complexity index is 773. The van der Waals surface area contributed by atoms with Crippen molar-refractivity contribution >= 4 is 17.5 Å². The first-order valence-corrected chi connectivity index (χ1v) is 8.77. The Morgan fingerprint density at radius 1 is 1.23 bits per heavy atom. The van der Waals surface area contributed by atoms with Gasteiger partial charge in [0.1, 0.15) is 11.6 Å². The van der Waals surface area contributed by atoms with Gasteiger partial charge in [-0.25, -0.2) is 9.78 Å². The number of aromatic carboxylic acids is 1. The van der Waals surface area contributed by atoms with Crippen LogP contribution in [-0.4, -0.2) is 22.2 Å². The number of hydrogen-bond donors (Lipinski definition) is 3. The van der Waals surface area contributed by atoms with Gasteiger partial charge in [-0.1, -0.05) is 19.9 Å². The Morgan fingerprint density at radius 2 is 1.96 bits per heavy atom. The smallest absolute Gasteiger partial charge is 0.337 e. The van der Waals surface area contributed by atoms with Gasteiger partial charge in [0, 0.05) is 12.7 Å². The zero-order valence-electron chi connectivity index (χ0n) is 15.7. The van der Waals surface area contributed by atoms with Gasteiger partial charge in [0.25, 0.3) is 0 Å². The van der Waals surface area contributed by atoms with Gasteiger partial charge in [0.2, 0.25) is 0 Å². The Kier molecular flexibility index (Phi) is 6.44. The van der Waals surface area contributed by atoms with Crippen LogP contribution in [0.25, 0.3) is 0 Å². The van der Waals surface area contributed by atoms with E-state index in [1.165, 1.54) is 17.8 Å². The van der Waals surface area contributed by atoms with Crippen molar-refractivity contribution in [3.8, 4) is 5.75 Å². The third-order valence-electron chi connectivity index (χ3n) is 3.79. The van der Waals surface area contributed by atoms with Crippen molar-refractivity contribution in [2.24, 2.45) is 5.92 Å². The molecule has 140 valence electrons. The van der Waals surface area contributed by atoms with E-state index in [1.54, 1.807) is 0 Å². The van der Waals surface area contributed by atoms with E-state index in [0.29, 0.717) is 24.0 Å². The number of nitrogens with two attached hydrogens (primary N) is 1. The minimum atomic E-state index is -1.05. The number of hydrogen-bond acceptors (Lipinski definition) is 5. The first-order valence-electron chi connectivity index (χ1n) is 8.77. The molecule has 1 aromatic carbocycles. The minimum absolute atomic E-state index is 0.0703. The maximum Gasteiger partial charge on any atom is 0.337 e. The average Bonchev–Trinajstić information content (AvgIpc) is 2.54. The Balaban J connectivity index is 2.22. The van der Waals surface area contributed by atoms with Gasteiger partial charge in [-0.2, -0.15) is 0 Å². The summed E-state index contributed by atoms with van der Waals surface area (Å²) in [7, 11) is 0. The van der Waals surface area contributed by atoms with Crippen molar-refractivity contribution < 1.29 is 14.6 Å². The molecule has 2 rings (SSSR count). The number of ether oxygens (including phenoxy) is 1. The molecular weight excluding hydrogens is 330 g/mol. The largest absolute Gasteiger partial charge is 0.491 e. The molecule has 6 heteroatoms. The number of nitrogens with zero attached hydrogens (tertiary/aromatic N) is 1. The predicted octanol–water partition coefficient (Wildman–Crippen LogP) is 3.96. The van der Waals surface area contributed by atoms with E-state index in [2.05, 4.69) is 30.2 Å². The first-order chi connectivity index (χ1) is 12.3. The summed E-state index contributed by atoms with van der Waals surface area (Å²) in [6, 6.07) is 7.53. The van der Waals surface area contributed by atoms with Crippen LogP contribution in [-0.2, 0) is 13.0 Å². The van der Waals surface area contributed by atoms with Gasteiger partial charge in [-0.05, 0) is 55.5 Å². The van der Waals surface area contributed by atoms with Crippen LogP contribution in [0.4, 0.5) is 11.5 Å². The molecule has 0 bridgehead atoms. The molecule has 0 saturated heterocycles. The summed E-state index contributed by atoms with van der Waals surface area (Å²) < 4.78 is 5.80. The number of benzene rings is 1. The molecule has 0 aliphatic carbocycles. The van der Waals surface area contributed by atoms with Crippen LogP contribution in [0.2, 0.25) is 0 Å². The van der Waals surface area contributed by atoms with Crippen LogP contribution in [0.3, 0.4) is 0 Å². The van der Waals surface area contributed by atoms with Gasteiger partial charge in [-0.3, -0.25) is 0 Å². The Labute approximate surface area is 154 Å². The number of nitrogen functional groups attached to an aromatic ring is 1. The van der Waals surface area contributed by atoms with Crippen molar-refractivity contribution in [2.45, 2.75) is 46.8 Å². The molecule has 1 aromatic heterocycles. The van der Waals surface area contributed by atoms with E-state index in [4.69, 9.17) is 15.6 Å². The number of nitrogens with one attached hydrogen (secondary N) is 1. The molecule has 0 fully saturated rings. The van der Waals surface area contributed by atoms with E-state index < -0.39 is 5.97 Å². The summed E-state index contributed by atoms with van der Waals surface area (Å²) in [5, 5.41) is 12.2. The molecule has 0 aliphatic rings. The summed E-state index contributed by atoms with van der Waals surface area (Å²) >= 11 is 0. The monoisotopic (exact) mass is 357 g/mol. The Morgan fingerprint density at radius 3 is 2.54 bits per heavy atom. The quantitative estimate of drug-likeness (QED) is 0.661. The number of carbonyl (C=O) groups is 1. The van der Waals surface area contributed by atoms with Crippen LogP contribution >= 0.6 is 0 Å². The zero-order valence-corrected chi connectivity index (χ0v) is 15.7. The second-order valence-electron chi connectivity index (χ2n) is 7.02. The molecule has 0 aliphatic heterocycles. The highest BCUT2D eigenvalue weighted by Gasteiger charge is 2.11. The van der Waals surface area contributed by atoms with E-state index >= 15 is 0 Å². The molecule has 2 aromatic rings. The number of carboxylic acids is 1. The third-order valence-corrected chi connectivity index (χ3v) is 3.79. The molecular formula is C20H27N3O3. The lowest BCUT2D eigenvalue weighted by Gasteiger charge is -2.17. The number of carboxylic acid groups (broad SMARTS) is 1. The van der Waals surface area contributed by atoms with Gasteiger partial charge < -0.3 is 20.9 Å². The maximum absolute atomic E-state index is 11.0. The molecule has 0 amide bonds. The maximum atomic E-state index is 11.0. The van der Waals surface area contributed by atoms with E-state index in [1.807, 2.05) is 26.0 Å². The van der Waals surface area contributed by atoms with Crippen LogP contribution in [0.15, 0.2) is 30.5 Å². The molecule has 1 heterocycles. The van der Waals surface area contributed by atoms with Crippen molar-refractivity contribution in [2.75, 3.05) is 11.1 Å². The normalized spacial score (nSPS) is 11.0. The summed E-state index contributed by atoms with van der Waals surface area (Å²) in [4.78, 5) is 15.1. The average molecular weight is 357 g/mol. The fourth-order valence-corrected chi connectivity index (χ4v) is 2.68. The van der Waals surface area contributed by atoms with Gasteiger partial charge in [0.15, 0.2) is 0 Å². The zero-order chi connectivity index (χ0) is 19.3. The summed E-state index contributed by atoms with van der Waals surface area (Å²) in [6.45, 7) is 8.88. The lowest BCUT2D eigenvalue weighted by atomic mass is 9.97. The van der Waals surface area contributed by atoms with Crippen molar-refractivity contribution in [1.82, 2.24) is 4.98 Å². The molecule has 0 unspecified atom stereocenters. The molecule has 0 radical (unpaired) electrons. The number of pyridine rings is 1. The summed E-state index contributed by atoms with van der Waals surface area (Å²) in [5.41, 5.74) is 8.66. The number of aromatic nitrogens is 1. The highest BCUT2D eigenvalue weighted by atomic mass is 16.5. The fraction of sp³-hybridized carbons (Fsp3) is 0.400. The minimum Gasteiger partial charge on any atom is -0.491 e. The van der Waals surface area contributed by atoms with Crippen molar-refractivity contribution in [1.29, 1.82) is 0 Å². The molecule has 0 saturated carbocycles. The second-order valence-corrected chi connectivity index (χ2v) is 7.02. The van der Waals surface area contributed by atoms with Crippen LogP contribution < -0.4 is 15.8 Å². The van der Waals surface area contributed by atoms with Crippen molar-refractivity contribution in [3.05, 3.63) is 47.2 Å². The van der Waals surface area contributed by atoms with E-state index in [9.17, 15) is 4.79 Å². The van der Waals surface area contributed by atoms with Crippen molar-refractivity contribution in [3.63, 3.8) is 0 Å². The third kappa shape index (κ3) is 5.37. The SMILES string of the molecule is CC(C)Cc1ccc(OC(C)C)cc1CNc1ncc(C(=O)O)cc1N. The molecule has 26 heavy (non-hydrogen) atoms.